The van der Waals surface area contributed by atoms with Crippen LogP contribution in [-0.4, -0.2) is 44.2 Å². The number of carbonyl (C=O) groups is 2. The standard InChI is InChI=1S/C25H31N3O4S/c1-3-27(4-2)33(31,32)22-14-12-21(13-15-22)28-17-20(16-23(28)29)25(30)26-24(19-10-11-19)18-8-6-5-7-9-18/h5-9,12-15,19-20,24H,3-4,10-11,16-17H2,1-2H3,(H,26,30)/t20-,24-/m1/s1. The molecule has 176 valence electrons. The smallest absolute Gasteiger partial charge is 0.243 e. The first kappa shape index (κ1) is 23.4. The highest BCUT2D eigenvalue weighted by molar-refractivity contribution is 7.89. The first-order chi connectivity index (χ1) is 15.8. The number of anilines is 1. The molecule has 1 saturated heterocycles. The average molecular weight is 470 g/mol. The molecule has 8 heteroatoms. The van der Waals surface area contributed by atoms with Crippen molar-refractivity contribution in [3.8, 4) is 0 Å². The lowest BCUT2D eigenvalue weighted by Gasteiger charge is -2.22. The molecular weight excluding hydrogens is 438 g/mol. The van der Waals surface area contributed by atoms with Crippen LogP contribution in [0.4, 0.5) is 5.69 Å². The normalized spacial score (nSPS) is 19.7. The van der Waals surface area contributed by atoms with Gasteiger partial charge in [-0.15, -0.1) is 0 Å². The Kier molecular flexibility index (Phi) is 6.86. The number of hydrogen-bond donors (Lipinski definition) is 1. The molecule has 33 heavy (non-hydrogen) atoms. The maximum atomic E-state index is 13.0. The molecule has 2 amide bonds. The van der Waals surface area contributed by atoms with Gasteiger partial charge in [0.05, 0.1) is 16.9 Å². The van der Waals surface area contributed by atoms with Gasteiger partial charge in [-0.05, 0) is 48.6 Å². The molecule has 2 fully saturated rings. The van der Waals surface area contributed by atoms with E-state index in [9.17, 15) is 18.0 Å². The minimum absolute atomic E-state index is 0.0209. The van der Waals surface area contributed by atoms with Crippen molar-refractivity contribution in [2.24, 2.45) is 11.8 Å². The van der Waals surface area contributed by atoms with Crippen LogP contribution in [0.3, 0.4) is 0 Å². The van der Waals surface area contributed by atoms with Crippen LogP contribution in [0.1, 0.15) is 44.7 Å². The molecule has 1 aliphatic carbocycles. The van der Waals surface area contributed by atoms with E-state index in [4.69, 9.17) is 0 Å². The van der Waals surface area contributed by atoms with Gasteiger partial charge in [-0.1, -0.05) is 44.2 Å². The second-order valence-corrected chi connectivity index (χ2v) is 10.7. The lowest BCUT2D eigenvalue weighted by Crippen LogP contribution is -2.36. The summed E-state index contributed by atoms with van der Waals surface area (Å²) in [6.45, 7) is 4.68. The molecule has 0 bridgehead atoms. The summed E-state index contributed by atoms with van der Waals surface area (Å²) in [7, 11) is -3.56. The lowest BCUT2D eigenvalue weighted by molar-refractivity contribution is -0.127. The van der Waals surface area contributed by atoms with Gasteiger partial charge in [0, 0.05) is 31.7 Å². The van der Waals surface area contributed by atoms with E-state index in [2.05, 4.69) is 5.32 Å². The van der Waals surface area contributed by atoms with E-state index in [1.54, 1.807) is 30.9 Å². The van der Waals surface area contributed by atoms with E-state index < -0.39 is 15.9 Å². The van der Waals surface area contributed by atoms with Crippen molar-refractivity contribution in [2.45, 2.75) is 44.0 Å². The third kappa shape index (κ3) is 4.96. The van der Waals surface area contributed by atoms with Gasteiger partial charge in [0.25, 0.3) is 0 Å². The van der Waals surface area contributed by atoms with Crippen molar-refractivity contribution in [3.63, 3.8) is 0 Å². The number of nitrogens with one attached hydrogen (secondary N) is 1. The Morgan fingerprint density at radius 3 is 2.27 bits per heavy atom. The van der Waals surface area contributed by atoms with E-state index in [1.165, 1.54) is 16.4 Å². The van der Waals surface area contributed by atoms with E-state index in [0.717, 1.165) is 18.4 Å². The van der Waals surface area contributed by atoms with Crippen molar-refractivity contribution in [1.29, 1.82) is 0 Å². The molecule has 2 aromatic carbocycles. The van der Waals surface area contributed by atoms with Crippen LogP contribution in [0, 0.1) is 11.8 Å². The van der Waals surface area contributed by atoms with Gasteiger partial charge < -0.3 is 10.2 Å². The molecule has 1 saturated carbocycles. The van der Waals surface area contributed by atoms with Crippen molar-refractivity contribution in [1.82, 2.24) is 9.62 Å². The Morgan fingerprint density at radius 1 is 1.06 bits per heavy atom. The lowest BCUT2D eigenvalue weighted by atomic mass is 10.0. The maximum Gasteiger partial charge on any atom is 0.243 e. The van der Waals surface area contributed by atoms with Crippen molar-refractivity contribution in [2.75, 3.05) is 24.5 Å². The van der Waals surface area contributed by atoms with Crippen LogP contribution in [0.15, 0.2) is 59.5 Å². The van der Waals surface area contributed by atoms with Gasteiger partial charge in [-0.2, -0.15) is 4.31 Å². The van der Waals surface area contributed by atoms with Crippen molar-refractivity contribution in [3.05, 3.63) is 60.2 Å². The van der Waals surface area contributed by atoms with Gasteiger partial charge in [-0.3, -0.25) is 9.59 Å². The quantitative estimate of drug-likeness (QED) is 0.610. The zero-order chi connectivity index (χ0) is 23.6. The molecule has 0 unspecified atom stereocenters. The number of amides is 2. The van der Waals surface area contributed by atoms with E-state index in [0.29, 0.717) is 31.2 Å². The minimum Gasteiger partial charge on any atom is -0.349 e. The predicted octanol–water partition coefficient (Wildman–Crippen LogP) is 3.34. The molecule has 0 spiro atoms. The second-order valence-electron chi connectivity index (χ2n) is 8.72. The summed E-state index contributed by atoms with van der Waals surface area (Å²) in [4.78, 5) is 27.5. The summed E-state index contributed by atoms with van der Waals surface area (Å²) in [5.41, 5.74) is 1.70. The third-order valence-electron chi connectivity index (χ3n) is 6.54. The number of rotatable bonds is 9. The Morgan fingerprint density at radius 2 is 1.70 bits per heavy atom. The molecule has 0 aromatic heterocycles. The number of benzene rings is 2. The third-order valence-corrected chi connectivity index (χ3v) is 8.60. The molecule has 4 rings (SSSR count). The van der Waals surface area contributed by atoms with Gasteiger partial charge >= 0.3 is 0 Å². The Bertz CT molecular complexity index is 1090. The Hall–Kier alpha value is -2.71. The maximum absolute atomic E-state index is 13.0. The van der Waals surface area contributed by atoms with Gasteiger partial charge in [0.1, 0.15) is 0 Å². The minimum atomic E-state index is -3.56. The highest BCUT2D eigenvalue weighted by Crippen LogP contribution is 2.41. The van der Waals surface area contributed by atoms with Crippen LogP contribution in [-0.2, 0) is 19.6 Å². The summed E-state index contributed by atoms with van der Waals surface area (Å²) in [5, 5.41) is 3.18. The highest BCUT2D eigenvalue weighted by atomic mass is 32.2. The fourth-order valence-electron chi connectivity index (χ4n) is 4.48. The predicted molar refractivity (Wildman–Crippen MR) is 127 cm³/mol. The molecule has 1 N–H and O–H groups in total. The van der Waals surface area contributed by atoms with Crippen LogP contribution in [0.5, 0.6) is 0 Å². The zero-order valence-corrected chi connectivity index (χ0v) is 19.9. The van der Waals surface area contributed by atoms with Gasteiger partial charge in [0.15, 0.2) is 0 Å². The molecule has 2 aliphatic rings. The Labute approximate surface area is 195 Å². The van der Waals surface area contributed by atoms with Crippen LogP contribution < -0.4 is 10.2 Å². The topological polar surface area (TPSA) is 86.8 Å². The fourth-order valence-corrected chi connectivity index (χ4v) is 5.94. The van der Waals surface area contributed by atoms with Crippen molar-refractivity contribution >= 4 is 27.5 Å². The van der Waals surface area contributed by atoms with Crippen LogP contribution >= 0.6 is 0 Å². The van der Waals surface area contributed by atoms with Crippen LogP contribution in [0.25, 0.3) is 0 Å². The molecule has 1 aliphatic heterocycles. The van der Waals surface area contributed by atoms with Crippen molar-refractivity contribution < 1.29 is 18.0 Å². The monoisotopic (exact) mass is 469 g/mol. The molecule has 2 aromatic rings. The first-order valence-corrected chi connectivity index (χ1v) is 13.0. The summed E-state index contributed by atoms with van der Waals surface area (Å²) in [6, 6.07) is 16.3. The summed E-state index contributed by atoms with van der Waals surface area (Å²) < 4.78 is 26.8. The zero-order valence-electron chi connectivity index (χ0n) is 19.1. The fraction of sp³-hybridized carbons (Fsp3) is 0.440. The number of sulfonamides is 1. The molecule has 1 heterocycles. The number of nitrogens with zero attached hydrogens (tertiary/aromatic N) is 2. The van der Waals surface area contributed by atoms with Gasteiger partial charge in [0.2, 0.25) is 21.8 Å². The molecular formula is C25H31N3O4S. The SMILES string of the molecule is CCN(CC)S(=O)(=O)c1ccc(N2C[C@H](C(=O)N[C@H](c3ccccc3)C3CC3)CC2=O)cc1. The second kappa shape index (κ2) is 9.65. The summed E-state index contributed by atoms with van der Waals surface area (Å²) in [5.74, 6) is -0.212. The number of hydrogen-bond acceptors (Lipinski definition) is 4. The van der Waals surface area contributed by atoms with E-state index in [-0.39, 0.29) is 29.2 Å². The molecule has 0 radical (unpaired) electrons. The first-order valence-electron chi connectivity index (χ1n) is 11.6. The molecule has 2 atom stereocenters. The molecule has 7 nitrogen and oxygen atoms in total. The van der Waals surface area contributed by atoms with Crippen LogP contribution in [0.2, 0.25) is 0 Å². The van der Waals surface area contributed by atoms with E-state index >= 15 is 0 Å². The average Bonchev–Trinajstić information content (AvgIpc) is 3.59. The largest absolute Gasteiger partial charge is 0.349 e. The Balaban J connectivity index is 1.44. The van der Waals surface area contributed by atoms with Gasteiger partial charge in [-0.25, -0.2) is 8.42 Å². The van der Waals surface area contributed by atoms with E-state index in [1.807, 2.05) is 30.3 Å². The summed E-state index contributed by atoms with van der Waals surface area (Å²) >= 11 is 0. The number of carbonyl (C=O) groups excluding carboxylic acids is 2. The summed E-state index contributed by atoms with van der Waals surface area (Å²) in [6.07, 6.45) is 2.34. The highest BCUT2D eigenvalue weighted by Gasteiger charge is 2.39.